The molecule has 6 rings (SSSR count). The van der Waals surface area contributed by atoms with Crippen molar-refractivity contribution >= 4 is 34.2 Å². The van der Waals surface area contributed by atoms with Gasteiger partial charge in [0.25, 0.3) is 0 Å². The van der Waals surface area contributed by atoms with Crippen LogP contribution in [0.3, 0.4) is 0 Å². The van der Waals surface area contributed by atoms with Crippen molar-refractivity contribution in [3.63, 3.8) is 0 Å². The second-order valence-corrected chi connectivity index (χ2v) is 11.9. The standard InChI is InChI=1S/C34H35N5O4/c1-22-20-37(16-17-38(22)33(41)43-34(2,3)4)25-14-12-23(13-15-25)24-18-35-31-30(19-36-39(31)21-24)28-10-6-9-27-26(28)8-7-11-29(27)32(40)42-5/h6-15,18-19,21-22H,16-17,20H2,1-5H3/t22-/m0/s1. The zero-order valence-corrected chi connectivity index (χ0v) is 25.1. The van der Waals surface area contributed by atoms with Gasteiger partial charge in [0.2, 0.25) is 0 Å². The summed E-state index contributed by atoms with van der Waals surface area (Å²) in [7, 11) is 1.39. The summed E-state index contributed by atoms with van der Waals surface area (Å²) in [5.41, 5.74) is 5.66. The van der Waals surface area contributed by atoms with Gasteiger partial charge < -0.3 is 19.3 Å². The molecule has 1 aliphatic rings. The lowest BCUT2D eigenvalue weighted by molar-refractivity contribution is 0.0159. The molecule has 3 aromatic carbocycles. The molecule has 1 saturated heterocycles. The van der Waals surface area contributed by atoms with Crippen LogP contribution in [0.2, 0.25) is 0 Å². The molecule has 0 saturated carbocycles. The van der Waals surface area contributed by atoms with Crippen LogP contribution in [0.15, 0.2) is 79.3 Å². The van der Waals surface area contributed by atoms with Gasteiger partial charge in [-0.2, -0.15) is 5.10 Å². The van der Waals surface area contributed by atoms with Gasteiger partial charge in [0.15, 0.2) is 5.65 Å². The second kappa shape index (κ2) is 11.1. The molecule has 0 radical (unpaired) electrons. The number of aromatic nitrogens is 3. The normalized spacial score (nSPS) is 15.6. The molecule has 9 heteroatoms. The van der Waals surface area contributed by atoms with E-state index in [2.05, 4.69) is 41.2 Å². The fourth-order valence-electron chi connectivity index (χ4n) is 5.70. The molecule has 1 atom stereocenters. The fourth-order valence-corrected chi connectivity index (χ4v) is 5.70. The topological polar surface area (TPSA) is 89.3 Å². The lowest BCUT2D eigenvalue weighted by Gasteiger charge is -2.41. The lowest BCUT2D eigenvalue weighted by atomic mass is 9.97. The summed E-state index contributed by atoms with van der Waals surface area (Å²) in [4.78, 5) is 33.9. The predicted molar refractivity (Wildman–Crippen MR) is 167 cm³/mol. The van der Waals surface area contributed by atoms with Crippen LogP contribution < -0.4 is 4.90 Å². The maximum Gasteiger partial charge on any atom is 0.410 e. The summed E-state index contributed by atoms with van der Waals surface area (Å²) < 4.78 is 12.4. The van der Waals surface area contributed by atoms with Crippen molar-refractivity contribution in [2.45, 2.75) is 39.3 Å². The van der Waals surface area contributed by atoms with Gasteiger partial charge in [0, 0.05) is 54.9 Å². The Morgan fingerprint density at radius 3 is 2.35 bits per heavy atom. The number of piperazine rings is 1. The van der Waals surface area contributed by atoms with Crippen LogP contribution in [-0.4, -0.2) is 69.9 Å². The monoisotopic (exact) mass is 577 g/mol. The molecule has 0 N–H and O–H groups in total. The molecular formula is C34H35N5O4. The van der Waals surface area contributed by atoms with Gasteiger partial charge in [0.05, 0.1) is 18.9 Å². The number of ether oxygens (including phenoxy) is 2. The molecule has 2 aromatic heterocycles. The van der Waals surface area contributed by atoms with Crippen LogP contribution in [0, 0.1) is 0 Å². The first-order valence-corrected chi connectivity index (χ1v) is 14.4. The van der Waals surface area contributed by atoms with Crippen LogP contribution in [-0.2, 0) is 9.47 Å². The number of fused-ring (bicyclic) bond motifs is 2. The second-order valence-electron chi connectivity index (χ2n) is 11.9. The number of hydrogen-bond donors (Lipinski definition) is 0. The molecule has 220 valence electrons. The van der Waals surface area contributed by atoms with Crippen molar-refractivity contribution in [1.82, 2.24) is 19.5 Å². The zero-order chi connectivity index (χ0) is 30.3. The van der Waals surface area contributed by atoms with Gasteiger partial charge in [0.1, 0.15) is 5.60 Å². The van der Waals surface area contributed by atoms with Gasteiger partial charge in [-0.3, -0.25) is 0 Å². The highest BCUT2D eigenvalue weighted by molar-refractivity contribution is 6.09. The molecular weight excluding hydrogens is 542 g/mol. The van der Waals surface area contributed by atoms with Gasteiger partial charge >= 0.3 is 12.1 Å². The van der Waals surface area contributed by atoms with E-state index in [1.54, 1.807) is 10.6 Å². The molecule has 5 aromatic rings. The van der Waals surface area contributed by atoms with Gasteiger partial charge in [-0.1, -0.05) is 42.5 Å². The number of benzene rings is 3. The summed E-state index contributed by atoms with van der Waals surface area (Å²) >= 11 is 0. The fraction of sp³-hybridized carbons (Fsp3) is 0.294. The SMILES string of the molecule is COC(=O)c1cccc2c(-c3cnn4cc(-c5ccc(N6CCN(C(=O)OC(C)(C)C)[C@@H](C)C6)cc5)cnc34)cccc12. The summed E-state index contributed by atoms with van der Waals surface area (Å²) in [5, 5.41) is 6.37. The molecule has 0 unspecified atom stereocenters. The predicted octanol–water partition coefficient (Wildman–Crippen LogP) is 6.45. The minimum atomic E-state index is -0.509. The van der Waals surface area contributed by atoms with Crippen molar-refractivity contribution in [3.8, 4) is 22.3 Å². The largest absolute Gasteiger partial charge is 0.465 e. The molecule has 9 nitrogen and oxygen atoms in total. The molecule has 0 bridgehead atoms. The first-order chi connectivity index (χ1) is 20.6. The number of carbonyl (C=O) groups excluding carboxylic acids is 2. The highest BCUT2D eigenvalue weighted by Crippen LogP contribution is 2.33. The van der Waals surface area contributed by atoms with Crippen LogP contribution in [0.4, 0.5) is 10.5 Å². The Kier molecular flexibility index (Phi) is 7.25. The first-order valence-electron chi connectivity index (χ1n) is 14.4. The van der Waals surface area contributed by atoms with E-state index in [0.29, 0.717) is 12.1 Å². The Balaban J connectivity index is 1.22. The Morgan fingerprint density at radius 2 is 1.63 bits per heavy atom. The minimum absolute atomic E-state index is 0.0395. The molecule has 1 fully saturated rings. The van der Waals surface area contributed by atoms with Crippen molar-refractivity contribution in [1.29, 1.82) is 0 Å². The number of carbonyl (C=O) groups is 2. The molecule has 43 heavy (non-hydrogen) atoms. The van der Waals surface area contributed by atoms with Gasteiger partial charge in [-0.25, -0.2) is 19.1 Å². The van der Waals surface area contributed by atoms with E-state index >= 15 is 0 Å². The highest BCUT2D eigenvalue weighted by atomic mass is 16.6. The number of methoxy groups -OCH3 is 1. The van der Waals surface area contributed by atoms with Crippen molar-refractivity contribution in [2.75, 3.05) is 31.6 Å². The van der Waals surface area contributed by atoms with Crippen LogP contribution >= 0.6 is 0 Å². The number of rotatable bonds is 4. The maximum atomic E-state index is 12.6. The number of anilines is 1. The van der Waals surface area contributed by atoms with Crippen LogP contribution in [0.5, 0.6) is 0 Å². The average molecular weight is 578 g/mol. The van der Waals surface area contributed by atoms with Gasteiger partial charge in [-0.05, 0) is 67.8 Å². The number of hydrogen-bond acceptors (Lipinski definition) is 7. The Bertz CT molecular complexity index is 1820. The summed E-state index contributed by atoms with van der Waals surface area (Å²) in [6, 6.07) is 19.9. The quantitative estimate of drug-likeness (QED) is 0.227. The Labute approximate surface area is 250 Å². The zero-order valence-electron chi connectivity index (χ0n) is 25.1. The van der Waals surface area contributed by atoms with Crippen molar-refractivity contribution in [2.24, 2.45) is 0 Å². The maximum absolute atomic E-state index is 12.6. The van der Waals surface area contributed by atoms with E-state index in [1.165, 1.54) is 7.11 Å². The Morgan fingerprint density at radius 1 is 0.884 bits per heavy atom. The lowest BCUT2D eigenvalue weighted by Crippen LogP contribution is -2.55. The number of amides is 1. The van der Waals surface area contributed by atoms with E-state index < -0.39 is 5.60 Å². The summed E-state index contributed by atoms with van der Waals surface area (Å²) in [5.74, 6) is -0.367. The molecule has 3 heterocycles. The molecule has 1 amide bonds. The Hall–Kier alpha value is -4.92. The summed E-state index contributed by atoms with van der Waals surface area (Å²) in [6.07, 6.45) is 5.40. The number of nitrogens with zero attached hydrogens (tertiary/aromatic N) is 5. The van der Waals surface area contributed by atoms with Crippen LogP contribution in [0.25, 0.3) is 38.7 Å². The summed E-state index contributed by atoms with van der Waals surface area (Å²) in [6.45, 7) is 9.81. The van der Waals surface area contributed by atoms with E-state index in [0.717, 1.165) is 57.5 Å². The minimum Gasteiger partial charge on any atom is -0.465 e. The average Bonchev–Trinajstić information content (AvgIpc) is 3.42. The van der Waals surface area contributed by atoms with Crippen molar-refractivity contribution < 1.29 is 19.1 Å². The molecule has 1 aliphatic heterocycles. The van der Waals surface area contributed by atoms with E-state index in [9.17, 15) is 9.59 Å². The molecule has 0 aliphatic carbocycles. The molecule has 0 spiro atoms. The third-order valence-electron chi connectivity index (χ3n) is 7.80. The van der Waals surface area contributed by atoms with Gasteiger partial charge in [-0.15, -0.1) is 0 Å². The number of esters is 1. The smallest absolute Gasteiger partial charge is 0.410 e. The van der Waals surface area contributed by atoms with E-state index in [-0.39, 0.29) is 18.1 Å². The van der Waals surface area contributed by atoms with Crippen molar-refractivity contribution in [3.05, 3.63) is 84.8 Å². The first kappa shape index (κ1) is 28.2. The highest BCUT2D eigenvalue weighted by Gasteiger charge is 2.31. The third kappa shape index (κ3) is 5.50. The third-order valence-corrected chi connectivity index (χ3v) is 7.80. The van der Waals surface area contributed by atoms with E-state index in [1.807, 2.05) is 74.6 Å². The van der Waals surface area contributed by atoms with E-state index in [4.69, 9.17) is 14.5 Å². The van der Waals surface area contributed by atoms with Crippen LogP contribution in [0.1, 0.15) is 38.1 Å².